The number of thiazole rings is 1. The minimum atomic E-state index is 0.252. The van der Waals surface area contributed by atoms with Gasteiger partial charge in [0.25, 0.3) is 0 Å². The molecule has 1 aromatic carbocycles. The zero-order chi connectivity index (χ0) is 13.9. The van der Waals surface area contributed by atoms with Gasteiger partial charge in [0, 0.05) is 29.2 Å². The van der Waals surface area contributed by atoms with Gasteiger partial charge in [-0.2, -0.15) is 0 Å². The summed E-state index contributed by atoms with van der Waals surface area (Å²) in [4.78, 5) is 9.64. The van der Waals surface area contributed by atoms with Gasteiger partial charge in [0.1, 0.15) is 12.0 Å². The second-order valence-electron chi connectivity index (χ2n) is 4.60. The van der Waals surface area contributed by atoms with E-state index in [0.29, 0.717) is 5.89 Å². The van der Waals surface area contributed by atoms with Crippen molar-refractivity contribution < 1.29 is 4.42 Å². The van der Waals surface area contributed by atoms with Gasteiger partial charge >= 0.3 is 0 Å². The van der Waals surface area contributed by atoms with Crippen molar-refractivity contribution in [3.63, 3.8) is 0 Å². The fourth-order valence-electron chi connectivity index (χ4n) is 1.99. The lowest BCUT2D eigenvalue weighted by Crippen LogP contribution is -2.04. The van der Waals surface area contributed by atoms with Crippen molar-refractivity contribution in [3.8, 4) is 11.3 Å². The first-order valence-corrected chi connectivity index (χ1v) is 7.28. The van der Waals surface area contributed by atoms with Crippen LogP contribution in [0.4, 0.5) is 5.69 Å². The smallest absolute Gasteiger partial charge is 0.191 e. The Labute approximate surface area is 121 Å². The van der Waals surface area contributed by atoms with Crippen molar-refractivity contribution in [2.24, 2.45) is 0 Å². The Morgan fingerprint density at radius 1 is 1.25 bits per heavy atom. The fourth-order valence-corrected chi connectivity index (χ4v) is 2.62. The molecule has 0 aliphatic rings. The molecular formula is C15H15N3OS. The molecule has 0 amide bonds. The number of hydrogen-bond acceptors (Lipinski definition) is 5. The molecule has 0 aliphatic carbocycles. The lowest BCUT2D eigenvalue weighted by molar-refractivity contribution is 0.521. The van der Waals surface area contributed by atoms with Crippen LogP contribution in [0.2, 0.25) is 0 Å². The highest BCUT2D eigenvalue weighted by Crippen LogP contribution is 2.24. The molecule has 1 atom stereocenters. The highest BCUT2D eigenvalue weighted by Gasteiger charge is 2.07. The molecule has 5 heteroatoms. The molecule has 0 aliphatic heterocycles. The molecule has 0 fully saturated rings. The number of benzene rings is 1. The third-order valence-electron chi connectivity index (χ3n) is 3.06. The number of oxazole rings is 1. The first kappa shape index (κ1) is 12.9. The molecule has 1 N–H and O–H groups in total. The Balaban J connectivity index is 1.73. The average Bonchev–Trinajstić information content (AvgIpc) is 3.10. The van der Waals surface area contributed by atoms with E-state index in [1.165, 1.54) is 4.88 Å². The van der Waals surface area contributed by atoms with Crippen molar-refractivity contribution >= 4 is 17.0 Å². The number of rotatable bonds is 4. The first-order chi connectivity index (χ1) is 9.72. The van der Waals surface area contributed by atoms with Gasteiger partial charge in [-0.3, -0.25) is 4.98 Å². The van der Waals surface area contributed by atoms with Crippen LogP contribution in [0.25, 0.3) is 11.3 Å². The van der Waals surface area contributed by atoms with Gasteiger partial charge < -0.3 is 9.73 Å². The quantitative estimate of drug-likeness (QED) is 0.777. The van der Waals surface area contributed by atoms with Crippen molar-refractivity contribution in [2.45, 2.75) is 19.9 Å². The standard InChI is InChI=1S/C15H15N3OS/c1-10(15-7-16-9-20-15)17-13-5-3-12(4-6-13)14-8-19-11(2)18-14/h3-10,17H,1-2H3. The minimum absolute atomic E-state index is 0.252. The van der Waals surface area contributed by atoms with E-state index in [1.54, 1.807) is 17.6 Å². The summed E-state index contributed by atoms with van der Waals surface area (Å²) < 4.78 is 5.23. The van der Waals surface area contributed by atoms with Gasteiger partial charge in [-0.1, -0.05) is 12.1 Å². The van der Waals surface area contributed by atoms with Gasteiger partial charge in [-0.25, -0.2) is 4.98 Å². The number of nitrogens with one attached hydrogen (secondary N) is 1. The number of nitrogens with zero attached hydrogens (tertiary/aromatic N) is 2. The Hall–Kier alpha value is -2.14. The summed E-state index contributed by atoms with van der Waals surface area (Å²) in [5, 5.41) is 3.45. The summed E-state index contributed by atoms with van der Waals surface area (Å²) in [6.45, 7) is 3.97. The van der Waals surface area contributed by atoms with Crippen LogP contribution in [-0.2, 0) is 0 Å². The predicted molar refractivity (Wildman–Crippen MR) is 80.8 cm³/mol. The Kier molecular flexibility index (Phi) is 3.52. The molecule has 0 saturated heterocycles. The molecule has 3 rings (SSSR count). The lowest BCUT2D eigenvalue weighted by atomic mass is 10.1. The van der Waals surface area contributed by atoms with E-state index in [0.717, 1.165) is 16.9 Å². The molecule has 0 spiro atoms. The summed E-state index contributed by atoms with van der Waals surface area (Å²) in [7, 11) is 0. The molecular weight excluding hydrogens is 270 g/mol. The predicted octanol–water partition coefficient (Wildman–Crippen LogP) is 4.28. The molecule has 0 radical (unpaired) electrons. The fraction of sp³-hybridized carbons (Fsp3) is 0.200. The van der Waals surface area contributed by atoms with Gasteiger partial charge in [0.15, 0.2) is 5.89 Å². The normalized spacial score (nSPS) is 12.3. The van der Waals surface area contributed by atoms with Crippen LogP contribution in [0.15, 0.2) is 46.7 Å². The molecule has 3 aromatic rings. The van der Waals surface area contributed by atoms with Crippen LogP contribution in [-0.4, -0.2) is 9.97 Å². The van der Waals surface area contributed by atoms with E-state index in [-0.39, 0.29) is 6.04 Å². The van der Waals surface area contributed by atoms with Gasteiger partial charge in [0.2, 0.25) is 0 Å². The molecule has 4 nitrogen and oxygen atoms in total. The Morgan fingerprint density at radius 2 is 2.05 bits per heavy atom. The van der Waals surface area contributed by atoms with Crippen molar-refractivity contribution in [2.75, 3.05) is 5.32 Å². The summed E-state index contributed by atoms with van der Waals surface area (Å²) in [5.41, 5.74) is 4.85. The summed E-state index contributed by atoms with van der Waals surface area (Å²) in [5.74, 6) is 0.681. The van der Waals surface area contributed by atoms with E-state index < -0.39 is 0 Å². The van der Waals surface area contributed by atoms with Crippen LogP contribution < -0.4 is 5.32 Å². The van der Waals surface area contributed by atoms with E-state index in [4.69, 9.17) is 4.42 Å². The highest BCUT2D eigenvalue weighted by molar-refractivity contribution is 7.09. The molecule has 102 valence electrons. The number of aryl methyl sites for hydroxylation is 1. The Bertz CT molecular complexity index is 673. The lowest BCUT2D eigenvalue weighted by Gasteiger charge is -2.13. The summed E-state index contributed by atoms with van der Waals surface area (Å²) in [6.07, 6.45) is 3.58. The number of aromatic nitrogens is 2. The van der Waals surface area contributed by atoms with Gasteiger partial charge in [0.05, 0.1) is 11.6 Å². The van der Waals surface area contributed by atoms with E-state index >= 15 is 0 Å². The largest absolute Gasteiger partial charge is 0.449 e. The highest BCUT2D eigenvalue weighted by atomic mass is 32.1. The molecule has 2 aromatic heterocycles. The zero-order valence-corrected chi connectivity index (χ0v) is 12.1. The molecule has 0 saturated carbocycles. The topological polar surface area (TPSA) is 51.0 Å². The van der Waals surface area contributed by atoms with Crippen molar-refractivity contribution in [1.82, 2.24) is 9.97 Å². The van der Waals surface area contributed by atoms with Crippen molar-refractivity contribution in [3.05, 3.63) is 53.0 Å². The minimum Gasteiger partial charge on any atom is -0.449 e. The summed E-state index contributed by atoms with van der Waals surface area (Å²) >= 11 is 1.66. The SMILES string of the molecule is Cc1nc(-c2ccc(NC(C)c3cncs3)cc2)co1. The van der Waals surface area contributed by atoms with Crippen LogP contribution in [0.1, 0.15) is 23.7 Å². The average molecular weight is 285 g/mol. The maximum Gasteiger partial charge on any atom is 0.191 e. The monoisotopic (exact) mass is 285 g/mol. The van der Waals surface area contributed by atoms with E-state index in [2.05, 4.69) is 34.3 Å². The van der Waals surface area contributed by atoms with Crippen LogP contribution in [0.3, 0.4) is 0 Å². The van der Waals surface area contributed by atoms with Gasteiger partial charge in [-0.05, 0) is 19.1 Å². The third kappa shape index (κ3) is 2.72. The van der Waals surface area contributed by atoms with Gasteiger partial charge in [-0.15, -0.1) is 11.3 Å². The molecule has 0 bridgehead atoms. The molecule has 1 unspecified atom stereocenters. The zero-order valence-electron chi connectivity index (χ0n) is 11.3. The molecule has 2 heterocycles. The Morgan fingerprint density at radius 3 is 2.65 bits per heavy atom. The summed E-state index contributed by atoms with van der Waals surface area (Å²) in [6, 6.07) is 8.44. The van der Waals surface area contributed by atoms with Crippen LogP contribution in [0.5, 0.6) is 0 Å². The second-order valence-corrected chi connectivity index (χ2v) is 5.52. The van der Waals surface area contributed by atoms with E-state index in [9.17, 15) is 0 Å². The van der Waals surface area contributed by atoms with Crippen molar-refractivity contribution in [1.29, 1.82) is 0 Å². The molecule has 20 heavy (non-hydrogen) atoms. The third-order valence-corrected chi connectivity index (χ3v) is 4.02. The maximum absolute atomic E-state index is 5.23. The first-order valence-electron chi connectivity index (χ1n) is 6.40. The maximum atomic E-state index is 5.23. The number of anilines is 1. The van der Waals surface area contributed by atoms with Crippen LogP contribution >= 0.6 is 11.3 Å². The van der Waals surface area contributed by atoms with Crippen LogP contribution in [0, 0.1) is 6.92 Å². The van der Waals surface area contributed by atoms with E-state index in [1.807, 2.05) is 30.8 Å². The second kappa shape index (κ2) is 5.46. The number of hydrogen-bond donors (Lipinski definition) is 1.